The number of furan rings is 1. The number of hydrogen-bond donors (Lipinski definition) is 2. The van der Waals surface area contributed by atoms with E-state index in [0.717, 1.165) is 5.56 Å². The molecule has 1 aromatic carbocycles. The third-order valence-electron chi connectivity index (χ3n) is 4.11. The van der Waals surface area contributed by atoms with Crippen molar-refractivity contribution in [3.05, 3.63) is 52.4 Å². The van der Waals surface area contributed by atoms with Crippen molar-refractivity contribution < 1.29 is 14.0 Å². The lowest BCUT2D eigenvalue weighted by Crippen LogP contribution is -2.47. The number of halogens is 1. The van der Waals surface area contributed by atoms with Crippen molar-refractivity contribution in [1.82, 2.24) is 4.90 Å². The third-order valence-corrected chi connectivity index (χ3v) is 4.54. The number of carbonyl (C=O) groups excluding carboxylic acids is 2. The van der Waals surface area contributed by atoms with Gasteiger partial charge in [-0.2, -0.15) is 0 Å². The SMILES string of the molecule is CN1C(=O)CC(C)(c2cccc(NC(=O)c3ccc(Br)o3)c2)N=C1N. The first kappa shape index (κ1) is 17.2. The molecule has 2 heterocycles. The van der Waals surface area contributed by atoms with Crippen LogP contribution in [0.4, 0.5) is 5.69 Å². The van der Waals surface area contributed by atoms with Gasteiger partial charge < -0.3 is 15.5 Å². The number of hydrogen-bond acceptors (Lipinski definition) is 5. The van der Waals surface area contributed by atoms with Crippen molar-refractivity contribution in [2.75, 3.05) is 12.4 Å². The van der Waals surface area contributed by atoms with Crippen LogP contribution in [0, 0.1) is 0 Å². The van der Waals surface area contributed by atoms with Crippen molar-refractivity contribution in [2.24, 2.45) is 10.7 Å². The Kier molecular flexibility index (Phi) is 4.38. The second-order valence-corrected chi connectivity index (χ2v) is 6.79. The van der Waals surface area contributed by atoms with Crippen LogP contribution in [0.5, 0.6) is 0 Å². The standard InChI is InChI=1S/C17H17BrN4O3/c1-17(9-14(23)22(2)16(19)21-17)10-4-3-5-11(8-10)20-15(24)12-6-7-13(18)25-12/h3-8H,9H2,1-2H3,(H2,19,21)(H,20,24). The highest BCUT2D eigenvalue weighted by atomic mass is 79.9. The van der Waals surface area contributed by atoms with E-state index in [4.69, 9.17) is 10.2 Å². The Balaban J connectivity index is 1.87. The molecule has 7 nitrogen and oxygen atoms in total. The maximum Gasteiger partial charge on any atom is 0.291 e. The van der Waals surface area contributed by atoms with Crippen LogP contribution >= 0.6 is 15.9 Å². The normalized spacial score (nSPS) is 20.4. The molecular formula is C17H17BrN4O3. The molecule has 1 unspecified atom stereocenters. The first-order chi connectivity index (χ1) is 11.8. The van der Waals surface area contributed by atoms with E-state index in [1.54, 1.807) is 37.4 Å². The summed E-state index contributed by atoms with van der Waals surface area (Å²) in [6.45, 7) is 1.84. The lowest BCUT2D eigenvalue weighted by molar-refractivity contribution is -0.128. The molecule has 0 saturated heterocycles. The van der Waals surface area contributed by atoms with Gasteiger partial charge in [0.25, 0.3) is 5.91 Å². The molecule has 1 aliphatic rings. The topological polar surface area (TPSA) is 101 Å². The van der Waals surface area contributed by atoms with Crippen LogP contribution in [0.15, 0.2) is 50.5 Å². The zero-order valence-corrected chi connectivity index (χ0v) is 15.3. The van der Waals surface area contributed by atoms with Crippen LogP contribution < -0.4 is 11.1 Å². The number of nitrogens with two attached hydrogens (primary N) is 1. The van der Waals surface area contributed by atoms with E-state index in [0.29, 0.717) is 10.4 Å². The fourth-order valence-corrected chi connectivity index (χ4v) is 2.94. The number of anilines is 1. The van der Waals surface area contributed by atoms with Gasteiger partial charge in [0.15, 0.2) is 16.4 Å². The van der Waals surface area contributed by atoms with Gasteiger partial charge in [-0.15, -0.1) is 0 Å². The van der Waals surface area contributed by atoms with E-state index < -0.39 is 5.54 Å². The van der Waals surface area contributed by atoms with Gasteiger partial charge in [-0.1, -0.05) is 12.1 Å². The molecule has 8 heteroatoms. The van der Waals surface area contributed by atoms with Crippen LogP contribution in [0.2, 0.25) is 0 Å². The quantitative estimate of drug-likeness (QED) is 0.820. The summed E-state index contributed by atoms with van der Waals surface area (Å²) in [7, 11) is 1.60. The maximum absolute atomic E-state index is 12.2. The Morgan fingerprint density at radius 2 is 2.16 bits per heavy atom. The average molecular weight is 405 g/mol. The van der Waals surface area contributed by atoms with Crippen molar-refractivity contribution in [3.63, 3.8) is 0 Å². The Bertz CT molecular complexity index is 876. The summed E-state index contributed by atoms with van der Waals surface area (Å²) in [5, 5.41) is 2.77. The van der Waals surface area contributed by atoms with E-state index in [2.05, 4.69) is 26.2 Å². The van der Waals surface area contributed by atoms with Crippen LogP contribution in [0.3, 0.4) is 0 Å². The van der Waals surface area contributed by atoms with Gasteiger partial charge in [0, 0.05) is 12.7 Å². The fraction of sp³-hybridized carbons (Fsp3) is 0.235. The Labute approximate surface area is 153 Å². The van der Waals surface area contributed by atoms with E-state index in [1.165, 1.54) is 4.90 Å². The van der Waals surface area contributed by atoms with Crippen molar-refractivity contribution in [2.45, 2.75) is 18.9 Å². The molecule has 1 atom stereocenters. The number of aliphatic imine (C=N–C) groups is 1. The highest BCUT2D eigenvalue weighted by Crippen LogP contribution is 2.34. The van der Waals surface area contributed by atoms with E-state index in [1.807, 2.05) is 13.0 Å². The van der Waals surface area contributed by atoms with Gasteiger partial charge in [-0.3, -0.25) is 14.5 Å². The molecule has 3 N–H and O–H groups in total. The Hall–Kier alpha value is -2.61. The minimum Gasteiger partial charge on any atom is -0.444 e. The number of benzene rings is 1. The summed E-state index contributed by atoms with van der Waals surface area (Å²) in [5.41, 5.74) is 6.44. The molecule has 0 fully saturated rings. The second-order valence-electron chi connectivity index (χ2n) is 6.01. The van der Waals surface area contributed by atoms with Gasteiger partial charge in [-0.05, 0) is 52.7 Å². The zero-order valence-electron chi connectivity index (χ0n) is 13.7. The average Bonchev–Trinajstić information content (AvgIpc) is 2.99. The Morgan fingerprint density at radius 1 is 1.40 bits per heavy atom. The summed E-state index contributed by atoms with van der Waals surface area (Å²) in [5.74, 6) is -0.103. The van der Waals surface area contributed by atoms with E-state index >= 15 is 0 Å². The van der Waals surface area contributed by atoms with Gasteiger partial charge in [0.2, 0.25) is 5.91 Å². The summed E-state index contributed by atoms with van der Waals surface area (Å²) < 4.78 is 5.72. The molecular weight excluding hydrogens is 388 g/mol. The summed E-state index contributed by atoms with van der Waals surface area (Å²) in [4.78, 5) is 30.1. The molecule has 25 heavy (non-hydrogen) atoms. The first-order valence-corrected chi connectivity index (χ1v) is 8.37. The van der Waals surface area contributed by atoms with E-state index in [-0.39, 0.29) is 30.0 Å². The first-order valence-electron chi connectivity index (χ1n) is 7.57. The van der Waals surface area contributed by atoms with Crippen LogP contribution in [0.25, 0.3) is 0 Å². The molecule has 1 aliphatic heterocycles. The number of guanidine groups is 1. The molecule has 3 rings (SSSR count). The van der Waals surface area contributed by atoms with Gasteiger partial charge in [0.05, 0.1) is 12.0 Å². The zero-order chi connectivity index (χ0) is 18.2. The number of rotatable bonds is 3. The van der Waals surface area contributed by atoms with Crippen molar-refractivity contribution >= 4 is 39.4 Å². The van der Waals surface area contributed by atoms with Crippen molar-refractivity contribution in [1.29, 1.82) is 0 Å². The molecule has 2 amide bonds. The van der Waals surface area contributed by atoms with Crippen LogP contribution in [0.1, 0.15) is 29.5 Å². The lowest BCUT2D eigenvalue weighted by atomic mass is 9.87. The number of nitrogens with zero attached hydrogens (tertiary/aromatic N) is 2. The molecule has 0 saturated carbocycles. The molecule has 0 aliphatic carbocycles. The van der Waals surface area contributed by atoms with E-state index in [9.17, 15) is 9.59 Å². The minimum absolute atomic E-state index is 0.107. The molecule has 0 bridgehead atoms. The highest BCUT2D eigenvalue weighted by molar-refractivity contribution is 9.10. The highest BCUT2D eigenvalue weighted by Gasteiger charge is 2.36. The fourth-order valence-electron chi connectivity index (χ4n) is 2.64. The van der Waals surface area contributed by atoms with Crippen molar-refractivity contribution in [3.8, 4) is 0 Å². The third kappa shape index (κ3) is 3.43. The van der Waals surface area contributed by atoms with Crippen LogP contribution in [-0.4, -0.2) is 29.7 Å². The van der Waals surface area contributed by atoms with Crippen LogP contribution in [-0.2, 0) is 10.3 Å². The second kappa shape index (κ2) is 6.36. The number of nitrogens with one attached hydrogen (secondary N) is 1. The summed E-state index contributed by atoms with van der Waals surface area (Å²) in [6.07, 6.45) is 0.201. The molecule has 130 valence electrons. The smallest absolute Gasteiger partial charge is 0.291 e. The number of carbonyl (C=O) groups is 2. The minimum atomic E-state index is -0.776. The molecule has 2 aromatic rings. The number of amides is 2. The summed E-state index contributed by atoms with van der Waals surface area (Å²) in [6, 6.07) is 10.4. The molecule has 0 radical (unpaired) electrons. The van der Waals surface area contributed by atoms with Gasteiger partial charge in [0.1, 0.15) is 0 Å². The largest absolute Gasteiger partial charge is 0.444 e. The predicted octanol–water partition coefficient (Wildman–Crippen LogP) is 2.69. The maximum atomic E-state index is 12.2. The monoisotopic (exact) mass is 404 g/mol. The summed E-state index contributed by atoms with van der Waals surface area (Å²) >= 11 is 3.16. The molecule has 1 aromatic heterocycles. The van der Waals surface area contributed by atoms with Gasteiger partial charge in [-0.25, -0.2) is 4.99 Å². The lowest BCUT2D eigenvalue weighted by Gasteiger charge is -2.33. The Morgan fingerprint density at radius 3 is 2.80 bits per heavy atom. The molecule has 0 spiro atoms. The van der Waals surface area contributed by atoms with Gasteiger partial charge >= 0.3 is 0 Å². The predicted molar refractivity (Wildman–Crippen MR) is 97.2 cm³/mol.